The van der Waals surface area contributed by atoms with Crippen molar-refractivity contribution in [3.05, 3.63) is 60.7 Å². The number of rotatable bonds is 11. The highest BCUT2D eigenvalue weighted by Gasteiger charge is 2.47. The molecule has 0 fully saturated rings. The van der Waals surface area contributed by atoms with E-state index >= 15 is 0 Å². The van der Waals surface area contributed by atoms with Crippen LogP contribution in [-0.4, -0.2) is 42.4 Å². The molecule has 0 N–H and O–H groups in total. The maximum Gasteiger partial charge on any atom is 0.471 e. The first-order valence-corrected chi connectivity index (χ1v) is 10.8. The highest BCUT2D eigenvalue weighted by molar-refractivity contribution is 7.53. The normalized spacial score (nSPS) is 11.5. The number of hydrogen-bond donors (Lipinski definition) is 0. The van der Waals surface area contributed by atoms with E-state index < -0.39 is 38.5 Å². The zero-order valence-electron chi connectivity index (χ0n) is 16.7. The third-order valence-corrected chi connectivity index (χ3v) is 4.77. The topological polar surface area (TPSA) is 101 Å². The molecule has 0 unspecified atom stereocenters. The van der Waals surface area contributed by atoms with Crippen LogP contribution in [-0.2, 0) is 28.2 Å². The van der Waals surface area contributed by atoms with E-state index in [9.17, 15) is 27.3 Å². The van der Waals surface area contributed by atoms with E-state index in [1.165, 1.54) is 31.2 Å². The molecule has 0 radical (unpaired) electrons. The van der Waals surface area contributed by atoms with Crippen LogP contribution in [0.3, 0.4) is 0 Å². The molecular formula is C19H19F3NO8P. The summed E-state index contributed by atoms with van der Waals surface area (Å²) >= 11 is 0. The highest BCUT2D eigenvalue weighted by atomic mass is 31.2. The molecular weight excluding hydrogens is 458 g/mol. The predicted molar refractivity (Wildman–Crippen MR) is 103 cm³/mol. The summed E-state index contributed by atoms with van der Waals surface area (Å²) in [5.41, 5.74) is 0. The molecule has 0 aliphatic heterocycles. The number of para-hydroxylation sites is 2. The number of hydrogen-bond acceptors (Lipinski definition) is 8. The molecule has 2 aromatic carbocycles. The fourth-order valence-electron chi connectivity index (χ4n) is 2.15. The summed E-state index contributed by atoms with van der Waals surface area (Å²) in [6.07, 6.45) is -6.71. The van der Waals surface area contributed by atoms with Gasteiger partial charge in [0.15, 0.2) is 11.5 Å². The molecule has 32 heavy (non-hydrogen) atoms. The number of esters is 1. The van der Waals surface area contributed by atoms with Gasteiger partial charge in [-0.15, -0.1) is 0 Å². The Kier molecular flexibility index (Phi) is 9.06. The van der Waals surface area contributed by atoms with Crippen LogP contribution >= 0.6 is 7.60 Å². The fourth-order valence-corrected chi connectivity index (χ4v) is 3.31. The van der Waals surface area contributed by atoms with E-state index in [-0.39, 0.29) is 23.0 Å². The number of carbonyl (C=O) groups is 2. The van der Waals surface area contributed by atoms with Crippen molar-refractivity contribution in [2.75, 3.05) is 19.4 Å². The van der Waals surface area contributed by atoms with E-state index in [1.54, 1.807) is 36.4 Å². The molecule has 0 aromatic heterocycles. The lowest BCUT2D eigenvalue weighted by molar-refractivity contribution is -0.190. The van der Waals surface area contributed by atoms with Gasteiger partial charge in [0.2, 0.25) is 0 Å². The number of ether oxygens (including phenoxy) is 1. The first kappa shape index (κ1) is 25.2. The maximum atomic E-state index is 13.1. The molecule has 0 heterocycles. The zero-order valence-corrected chi connectivity index (χ0v) is 17.6. The van der Waals surface area contributed by atoms with E-state index in [4.69, 9.17) is 19.1 Å². The first-order valence-electron chi connectivity index (χ1n) is 9.06. The van der Waals surface area contributed by atoms with Crippen molar-refractivity contribution in [3.8, 4) is 11.5 Å². The molecule has 174 valence electrons. The number of benzene rings is 2. The second-order valence-corrected chi connectivity index (χ2v) is 7.80. The Morgan fingerprint density at radius 3 is 1.78 bits per heavy atom. The summed E-state index contributed by atoms with van der Waals surface area (Å²) < 4.78 is 66.3. The first-order chi connectivity index (χ1) is 15.1. The molecule has 13 heteroatoms. The Labute approximate surface area is 181 Å². The van der Waals surface area contributed by atoms with Gasteiger partial charge in [-0.05, 0) is 31.2 Å². The highest BCUT2D eigenvalue weighted by Crippen LogP contribution is 2.49. The molecule has 0 saturated carbocycles. The summed E-state index contributed by atoms with van der Waals surface area (Å²) in [6.45, 7) is 0.109. The lowest BCUT2D eigenvalue weighted by Crippen LogP contribution is -2.45. The third-order valence-electron chi connectivity index (χ3n) is 3.48. The van der Waals surface area contributed by atoms with Gasteiger partial charge in [-0.25, -0.2) is 0 Å². The molecule has 9 nitrogen and oxygen atoms in total. The van der Waals surface area contributed by atoms with E-state index in [0.29, 0.717) is 0 Å². The lowest BCUT2D eigenvalue weighted by Gasteiger charge is -2.25. The van der Waals surface area contributed by atoms with Crippen molar-refractivity contribution in [1.29, 1.82) is 0 Å². The smallest absolute Gasteiger partial charge is 0.465 e. The van der Waals surface area contributed by atoms with Gasteiger partial charge in [0.05, 0.1) is 6.61 Å². The van der Waals surface area contributed by atoms with Crippen LogP contribution in [0.2, 0.25) is 0 Å². The summed E-state index contributed by atoms with van der Waals surface area (Å²) in [5.74, 6) is -3.55. The van der Waals surface area contributed by atoms with Crippen LogP contribution < -0.4 is 9.78 Å². The van der Waals surface area contributed by atoms with Gasteiger partial charge >= 0.3 is 25.6 Å². The van der Waals surface area contributed by atoms with Crippen LogP contribution in [0.4, 0.5) is 13.2 Å². The molecule has 0 saturated heterocycles. The molecule has 2 aromatic rings. The van der Waals surface area contributed by atoms with Gasteiger partial charge in [0.25, 0.3) is 0 Å². The van der Waals surface area contributed by atoms with Gasteiger partial charge in [-0.2, -0.15) is 13.2 Å². The van der Waals surface area contributed by atoms with Crippen LogP contribution in [0, 0.1) is 0 Å². The number of nitrogens with zero attached hydrogens (tertiary/aromatic N) is 1. The molecule has 2 rings (SSSR count). The van der Waals surface area contributed by atoms with Gasteiger partial charge in [-0.1, -0.05) is 45.7 Å². The Hall–Kier alpha value is -3.08. The molecule has 0 aliphatic carbocycles. The standard InChI is InChI=1S/C19H19F3NO8P/c1-2-27-17(24)13-23(18(25)19(20,21)22)14-32(26,30-28-15-9-5-3-6-10-15)31-29-16-11-7-4-8-12-16/h3-12H,2,13-14H2,1H3. The van der Waals surface area contributed by atoms with Crippen molar-refractivity contribution >= 4 is 19.5 Å². The lowest BCUT2D eigenvalue weighted by atomic mass is 10.3. The monoisotopic (exact) mass is 477 g/mol. The van der Waals surface area contributed by atoms with Gasteiger partial charge < -0.3 is 19.4 Å². The molecule has 0 spiro atoms. The van der Waals surface area contributed by atoms with Crippen LogP contribution in [0.15, 0.2) is 60.7 Å². The van der Waals surface area contributed by atoms with Gasteiger partial charge in [0.1, 0.15) is 12.8 Å². The largest absolute Gasteiger partial charge is 0.471 e. The Balaban J connectivity index is 2.25. The minimum atomic E-state index is -5.38. The van der Waals surface area contributed by atoms with Crippen LogP contribution in [0.25, 0.3) is 0 Å². The second kappa shape index (κ2) is 11.5. The summed E-state index contributed by atoms with van der Waals surface area (Å²) in [4.78, 5) is 33.2. The quantitative estimate of drug-likeness (QED) is 0.206. The second-order valence-electron chi connectivity index (χ2n) is 6.00. The SMILES string of the molecule is CCOC(=O)CN(CP(=O)(OOc1ccccc1)OOc1ccccc1)C(=O)C(F)(F)F. The molecule has 1 amide bonds. The van der Waals surface area contributed by atoms with Crippen molar-refractivity contribution in [1.82, 2.24) is 4.90 Å². The van der Waals surface area contributed by atoms with E-state index in [2.05, 4.69) is 4.74 Å². The number of halogens is 3. The van der Waals surface area contributed by atoms with Crippen molar-refractivity contribution in [2.24, 2.45) is 0 Å². The van der Waals surface area contributed by atoms with Crippen LogP contribution in [0.1, 0.15) is 6.92 Å². The predicted octanol–water partition coefficient (Wildman–Crippen LogP) is 4.11. The van der Waals surface area contributed by atoms with Gasteiger partial charge in [-0.3, -0.25) is 14.2 Å². The maximum absolute atomic E-state index is 13.1. The Bertz CT molecular complexity index is 880. The Morgan fingerprint density at radius 1 is 0.906 bits per heavy atom. The zero-order chi connectivity index (χ0) is 23.6. The summed E-state index contributed by atoms with van der Waals surface area (Å²) in [6, 6.07) is 15.1. The number of alkyl halides is 3. The minimum Gasteiger partial charge on any atom is -0.465 e. The van der Waals surface area contributed by atoms with E-state index in [1.807, 2.05) is 0 Å². The van der Waals surface area contributed by atoms with Crippen molar-refractivity contribution < 1.29 is 51.2 Å². The van der Waals surface area contributed by atoms with Gasteiger partial charge in [0, 0.05) is 0 Å². The Morgan fingerprint density at radius 2 is 1.38 bits per heavy atom. The van der Waals surface area contributed by atoms with Crippen molar-refractivity contribution in [3.63, 3.8) is 0 Å². The third kappa shape index (κ3) is 8.22. The molecule has 0 atom stereocenters. The minimum absolute atomic E-state index is 0.0372. The van der Waals surface area contributed by atoms with Crippen molar-refractivity contribution in [2.45, 2.75) is 13.1 Å². The average Bonchev–Trinajstić information content (AvgIpc) is 2.76. The van der Waals surface area contributed by atoms with E-state index in [0.717, 1.165) is 0 Å². The summed E-state index contributed by atoms with van der Waals surface area (Å²) in [5, 5.41) is 0. The summed E-state index contributed by atoms with van der Waals surface area (Å²) in [7, 11) is -4.75. The number of amides is 1. The average molecular weight is 477 g/mol. The molecule has 0 aliphatic rings. The fraction of sp³-hybridized carbons (Fsp3) is 0.263. The number of carbonyl (C=O) groups excluding carboxylic acids is 2. The molecule has 0 bridgehead atoms. The van der Waals surface area contributed by atoms with Crippen LogP contribution in [0.5, 0.6) is 11.5 Å².